The summed E-state index contributed by atoms with van der Waals surface area (Å²) >= 11 is 0. The molecule has 0 spiro atoms. The summed E-state index contributed by atoms with van der Waals surface area (Å²) < 4.78 is 2.25. The normalized spacial score (nSPS) is 16.6. The van der Waals surface area contributed by atoms with Gasteiger partial charge in [0, 0.05) is 12.5 Å². The van der Waals surface area contributed by atoms with E-state index in [-0.39, 0.29) is 0 Å². The second kappa shape index (κ2) is 3.69. The fourth-order valence-electron chi connectivity index (χ4n) is 1.76. The standard InChI is InChI=1S/C10H18N4/c1-7(2)5-9-12-13-10(6-11)14(9)8-3-4-8/h7-8H,3-6,11H2,1-2H3. The van der Waals surface area contributed by atoms with Crippen LogP contribution < -0.4 is 5.73 Å². The van der Waals surface area contributed by atoms with E-state index in [4.69, 9.17) is 5.73 Å². The summed E-state index contributed by atoms with van der Waals surface area (Å²) in [6, 6.07) is 0.636. The zero-order chi connectivity index (χ0) is 10.1. The molecule has 0 bridgehead atoms. The van der Waals surface area contributed by atoms with E-state index in [1.165, 1.54) is 12.8 Å². The zero-order valence-electron chi connectivity index (χ0n) is 8.90. The van der Waals surface area contributed by atoms with Crippen molar-refractivity contribution in [2.24, 2.45) is 11.7 Å². The molecule has 0 aliphatic heterocycles. The second-order valence-corrected chi connectivity index (χ2v) is 4.44. The molecule has 78 valence electrons. The van der Waals surface area contributed by atoms with Crippen molar-refractivity contribution in [2.75, 3.05) is 0 Å². The fraction of sp³-hybridized carbons (Fsp3) is 0.800. The SMILES string of the molecule is CC(C)Cc1nnc(CN)n1C1CC1. The minimum Gasteiger partial charge on any atom is -0.324 e. The lowest BCUT2D eigenvalue weighted by Crippen LogP contribution is -2.11. The first-order valence-electron chi connectivity index (χ1n) is 5.35. The van der Waals surface area contributed by atoms with Crippen LogP contribution in [0.5, 0.6) is 0 Å². The van der Waals surface area contributed by atoms with Crippen LogP contribution in [-0.2, 0) is 13.0 Å². The molecule has 2 N–H and O–H groups in total. The summed E-state index contributed by atoms with van der Waals surface area (Å²) in [4.78, 5) is 0. The van der Waals surface area contributed by atoms with Crippen molar-refractivity contribution in [2.45, 2.75) is 45.7 Å². The van der Waals surface area contributed by atoms with Crippen LogP contribution in [0, 0.1) is 5.92 Å². The molecule has 1 aliphatic rings. The Morgan fingerprint density at radius 2 is 2.00 bits per heavy atom. The Morgan fingerprint density at radius 1 is 1.36 bits per heavy atom. The molecule has 0 unspecified atom stereocenters. The third-order valence-electron chi connectivity index (χ3n) is 2.52. The number of nitrogens with two attached hydrogens (primary N) is 1. The molecule has 1 heterocycles. The van der Waals surface area contributed by atoms with E-state index in [2.05, 4.69) is 28.6 Å². The maximum absolute atomic E-state index is 5.64. The van der Waals surface area contributed by atoms with Crippen molar-refractivity contribution >= 4 is 0 Å². The third kappa shape index (κ3) is 1.80. The van der Waals surface area contributed by atoms with Crippen molar-refractivity contribution in [1.29, 1.82) is 0 Å². The van der Waals surface area contributed by atoms with Crippen LogP contribution in [-0.4, -0.2) is 14.8 Å². The molecule has 1 saturated carbocycles. The Bertz CT molecular complexity index is 312. The smallest absolute Gasteiger partial charge is 0.147 e. The molecule has 1 aromatic heterocycles. The highest BCUT2D eigenvalue weighted by Gasteiger charge is 2.28. The van der Waals surface area contributed by atoms with Gasteiger partial charge in [0.25, 0.3) is 0 Å². The molecule has 0 atom stereocenters. The molecule has 4 heteroatoms. The van der Waals surface area contributed by atoms with E-state index in [0.29, 0.717) is 18.5 Å². The molecule has 0 saturated heterocycles. The van der Waals surface area contributed by atoms with Gasteiger partial charge in [0.15, 0.2) is 0 Å². The Hall–Kier alpha value is -0.900. The first kappa shape index (κ1) is 9.65. The van der Waals surface area contributed by atoms with Crippen molar-refractivity contribution < 1.29 is 0 Å². The molecule has 14 heavy (non-hydrogen) atoms. The molecule has 2 rings (SSSR count). The maximum Gasteiger partial charge on any atom is 0.147 e. The van der Waals surface area contributed by atoms with Gasteiger partial charge in [0.05, 0.1) is 6.54 Å². The lowest BCUT2D eigenvalue weighted by Gasteiger charge is -2.09. The van der Waals surface area contributed by atoms with Crippen molar-refractivity contribution in [1.82, 2.24) is 14.8 Å². The van der Waals surface area contributed by atoms with E-state index >= 15 is 0 Å². The Labute approximate surface area is 84.5 Å². The molecule has 1 fully saturated rings. The molecule has 0 radical (unpaired) electrons. The van der Waals surface area contributed by atoms with Crippen LogP contribution >= 0.6 is 0 Å². The van der Waals surface area contributed by atoms with Gasteiger partial charge in [0.2, 0.25) is 0 Å². The van der Waals surface area contributed by atoms with Crippen LogP contribution in [0.2, 0.25) is 0 Å². The highest BCUT2D eigenvalue weighted by Crippen LogP contribution is 2.36. The van der Waals surface area contributed by atoms with Gasteiger partial charge in [-0.3, -0.25) is 0 Å². The monoisotopic (exact) mass is 194 g/mol. The van der Waals surface area contributed by atoms with Crippen molar-refractivity contribution in [3.8, 4) is 0 Å². The minimum absolute atomic E-state index is 0.502. The Kier molecular flexibility index (Phi) is 2.54. The van der Waals surface area contributed by atoms with Crippen LogP contribution in [0.25, 0.3) is 0 Å². The summed E-state index contributed by atoms with van der Waals surface area (Å²) in [5.74, 6) is 2.69. The highest BCUT2D eigenvalue weighted by molar-refractivity contribution is 5.03. The predicted octanol–water partition coefficient (Wildman–Crippen LogP) is 1.27. The topological polar surface area (TPSA) is 56.7 Å². The minimum atomic E-state index is 0.502. The average molecular weight is 194 g/mol. The molecular weight excluding hydrogens is 176 g/mol. The van der Waals surface area contributed by atoms with E-state index < -0.39 is 0 Å². The predicted molar refractivity (Wildman–Crippen MR) is 54.7 cm³/mol. The quantitative estimate of drug-likeness (QED) is 0.785. The first-order valence-corrected chi connectivity index (χ1v) is 5.35. The van der Waals surface area contributed by atoms with Gasteiger partial charge in [-0.05, 0) is 18.8 Å². The highest BCUT2D eigenvalue weighted by atomic mass is 15.3. The van der Waals surface area contributed by atoms with Gasteiger partial charge < -0.3 is 10.3 Å². The lowest BCUT2D eigenvalue weighted by molar-refractivity contribution is 0.568. The second-order valence-electron chi connectivity index (χ2n) is 4.44. The van der Waals surface area contributed by atoms with Crippen molar-refractivity contribution in [3.63, 3.8) is 0 Å². The van der Waals surface area contributed by atoms with Gasteiger partial charge in [0.1, 0.15) is 11.6 Å². The van der Waals surface area contributed by atoms with E-state index in [1.807, 2.05) is 0 Å². The van der Waals surface area contributed by atoms with E-state index in [9.17, 15) is 0 Å². The van der Waals surface area contributed by atoms with Gasteiger partial charge in [-0.25, -0.2) is 0 Å². The van der Waals surface area contributed by atoms with Crippen LogP contribution in [0.3, 0.4) is 0 Å². The first-order chi connectivity index (χ1) is 6.72. The van der Waals surface area contributed by atoms with Gasteiger partial charge in [-0.1, -0.05) is 13.8 Å². The number of nitrogens with zero attached hydrogens (tertiary/aromatic N) is 3. The molecule has 0 amide bonds. The molecule has 1 aromatic rings. The zero-order valence-corrected chi connectivity index (χ0v) is 8.90. The lowest BCUT2D eigenvalue weighted by atomic mass is 10.1. The summed E-state index contributed by atoms with van der Waals surface area (Å²) in [5.41, 5.74) is 5.64. The fourth-order valence-corrected chi connectivity index (χ4v) is 1.76. The summed E-state index contributed by atoms with van der Waals surface area (Å²) in [6.07, 6.45) is 3.52. The van der Waals surface area contributed by atoms with Crippen LogP contribution in [0.4, 0.5) is 0 Å². The summed E-state index contributed by atoms with van der Waals surface area (Å²) in [5, 5.41) is 8.36. The molecule has 0 aromatic carbocycles. The maximum atomic E-state index is 5.64. The van der Waals surface area contributed by atoms with Crippen LogP contribution in [0.15, 0.2) is 0 Å². The average Bonchev–Trinajstić information content (AvgIpc) is 2.88. The molecular formula is C10H18N4. The van der Waals surface area contributed by atoms with E-state index in [1.54, 1.807) is 0 Å². The van der Waals surface area contributed by atoms with E-state index in [0.717, 1.165) is 18.1 Å². The van der Waals surface area contributed by atoms with Gasteiger partial charge in [-0.2, -0.15) is 0 Å². The van der Waals surface area contributed by atoms with Crippen LogP contribution in [0.1, 0.15) is 44.4 Å². The number of aromatic nitrogens is 3. The largest absolute Gasteiger partial charge is 0.324 e. The summed E-state index contributed by atoms with van der Waals surface area (Å²) in [6.45, 7) is 4.91. The summed E-state index contributed by atoms with van der Waals surface area (Å²) in [7, 11) is 0. The number of hydrogen-bond acceptors (Lipinski definition) is 3. The number of hydrogen-bond donors (Lipinski definition) is 1. The third-order valence-corrected chi connectivity index (χ3v) is 2.52. The molecule has 4 nitrogen and oxygen atoms in total. The van der Waals surface area contributed by atoms with Crippen molar-refractivity contribution in [3.05, 3.63) is 11.6 Å². The molecule has 1 aliphatic carbocycles. The Balaban J connectivity index is 2.25. The Morgan fingerprint density at radius 3 is 2.50 bits per heavy atom. The number of rotatable bonds is 4. The van der Waals surface area contributed by atoms with Gasteiger partial charge >= 0.3 is 0 Å². The van der Waals surface area contributed by atoms with Gasteiger partial charge in [-0.15, -0.1) is 10.2 Å².